The highest BCUT2D eigenvalue weighted by atomic mass is 32.1. The van der Waals surface area contributed by atoms with Crippen molar-refractivity contribution in [1.82, 2.24) is 16.2 Å². The van der Waals surface area contributed by atoms with Gasteiger partial charge in [0.05, 0.1) is 5.92 Å². The van der Waals surface area contributed by atoms with Gasteiger partial charge in [0, 0.05) is 6.08 Å². The lowest BCUT2D eigenvalue weighted by molar-refractivity contribution is -0.122. The summed E-state index contributed by atoms with van der Waals surface area (Å²) in [5.41, 5.74) is 7.79. The van der Waals surface area contributed by atoms with E-state index in [4.69, 9.17) is 12.2 Å². The first-order chi connectivity index (χ1) is 14.6. The zero-order valence-electron chi connectivity index (χ0n) is 16.1. The van der Waals surface area contributed by atoms with Gasteiger partial charge >= 0.3 is 0 Å². The predicted molar refractivity (Wildman–Crippen MR) is 122 cm³/mol. The molecule has 6 heteroatoms. The molecule has 0 fully saturated rings. The van der Waals surface area contributed by atoms with Crippen LogP contribution in [0.1, 0.15) is 22.6 Å². The number of thiocarbonyl (C=S) groups is 1. The minimum absolute atomic E-state index is 0.00550. The van der Waals surface area contributed by atoms with Gasteiger partial charge < -0.3 is 0 Å². The van der Waals surface area contributed by atoms with Crippen molar-refractivity contribution in [2.45, 2.75) is 5.92 Å². The summed E-state index contributed by atoms with van der Waals surface area (Å²) in [6.07, 6.45) is 3.05. The highest BCUT2D eigenvalue weighted by molar-refractivity contribution is 7.80. The van der Waals surface area contributed by atoms with Crippen molar-refractivity contribution in [1.29, 1.82) is 0 Å². The molecule has 0 saturated heterocycles. The van der Waals surface area contributed by atoms with Crippen LogP contribution in [0.4, 0.5) is 0 Å². The van der Waals surface area contributed by atoms with Crippen LogP contribution in [0.5, 0.6) is 0 Å². The molecule has 3 aromatic carbocycles. The first kappa shape index (κ1) is 21.0. The molecule has 0 atom stereocenters. The Hall–Kier alpha value is -3.77. The molecule has 0 aliphatic carbocycles. The van der Waals surface area contributed by atoms with Gasteiger partial charge in [-0.25, -0.2) is 0 Å². The summed E-state index contributed by atoms with van der Waals surface area (Å²) in [7, 11) is 0. The van der Waals surface area contributed by atoms with Crippen LogP contribution in [0.25, 0.3) is 6.08 Å². The number of benzene rings is 3. The highest BCUT2D eigenvalue weighted by Gasteiger charge is 2.22. The fourth-order valence-corrected chi connectivity index (χ4v) is 3.05. The van der Waals surface area contributed by atoms with E-state index in [0.717, 1.165) is 16.7 Å². The molecular weight excluding hydrogens is 394 g/mol. The third kappa shape index (κ3) is 6.12. The van der Waals surface area contributed by atoms with Crippen molar-refractivity contribution >= 4 is 35.2 Å². The van der Waals surface area contributed by atoms with Gasteiger partial charge in [-0.15, -0.1) is 0 Å². The standard InChI is InChI=1S/C24H21N3O2S/c28-21(17-16-18-10-4-1-5-11-18)25-24(30)27-26-23(29)22(19-12-6-2-7-13-19)20-14-8-3-9-15-20/h1-17,22H,(H,26,29)(H2,25,27,28,30)/b17-16+. The summed E-state index contributed by atoms with van der Waals surface area (Å²) in [4.78, 5) is 24.9. The Morgan fingerprint density at radius 3 is 1.77 bits per heavy atom. The lowest BCUT2D eigenvalue weighted by Crippen LogP contribution is -2.49. The average molecular weight is 416 g/mol. The molecule has 0 bridgehead atoms. The van der Waals surface area contributed by atoms with Crippen molar-refractivity contribution in [3.63, 3.8) is 0 Å². The number of carbonyl (C=O) groups excluding carboxylic acids is 2. The van der Waals surface area contributed by atoms with E-state index in [1.165, 1.54) is 6.08 Å². The van der Waals surface area contributed by atoms with Crippen LogP contribution in [0, 0.1) is 0 Å². The van der Waals surface area contributed by atoms with Crippen LogP contribution in [0.2, 0.25) is 0 Å². The largest absolute Gasteiger partial charge is 0.298 e. The van der Waals surface area contributed by atoms with E-state index in [2.05, 4.69) is 16.2 Å². The van der Waals surface area contributed by atoms with Crippen LogP contribution in [-0.2, 0) is 9.59 Å². The van der Waals surface area contributed by atoms with Crippen LogP contribution in [-0.4, -0.2) is 16.9 Å². The van der Waals surface area contributed by atoms with Gasteiger partial charge in [-0.3, -0.25) is 25.8 Å². The summed E-state index contributed by atoms with van der Waals surface area (Å²) >= 11 is 5.11. The summed E-state index contributed by atoms with van der Waals surface area (Å²) in [6, 6.07) is 28.3. The first-order valence-electron chi connectivity index (χ1n) is 9.37. The molecule has 3 rings (SSSR count). The molecule has 0 spiro atoms. The SMILES string of the molecule is O=C(/C=C/c1ccccc1)NC(=S)NNC(=O)C(c1ccccc1)c1ccccc1. The third-order valence-corrected chi connectivity index (χ3v) is 4.49. The fraction of sp³-hybridized carbons (Fsp3) is 0.0417. The van der Waals surface area contributed by atoms with Gasteiger partial charge in [0.2, 0.25) is 11.8 Å². The fourth-order valence-electron chi connectivity index (χ4n) is 2.90. The van der Waals surface area contributed by atoms with Gasteiger partial charge in [-0.1, -0.05) is 91.0 Å². The number of nitrogens with one attached hydrogen (secondary N) is 3. The van der Waals surface area contributed by atoms with E-state index in [-0.39, 0.29) is 11.0 Å². The Kier molecular flexibility index (Phi) is 7.46. The normalized spacial score (nSPS) is 10.6. The van der Waals surface area contributed by atoms with Crippen molar-refractivity contribution in [2.75, 3.05) is 0 Å². The van der Waals surface area contributed by atoms with E-state index >= 15 is 0 Å². The Labute approximate surface area is 180 Å². The molecule has 150 valence electrons. The van der Waals surface area contributed by atoms with Gasteiger partial charge in [0.1, 0.15) is 0 Å². The van der Waals surface area contributed by atoms with Crippen molar-refractivity contribution in [3.8, 4) is 0 Å². The van der Waals surface area contributed by atoms with Crippen LogP contribution in [0.3, 0.4) is 0 Å². The van der Waals surface area contributed by atoms with Gasteiger partial charge in [0.15, 0.2) is 5.11 Å². The van der Waals surface area contributed by atoms with Gasteiger partial charge in [-0.2, -0.15) is 0 Å². The number of hydrogen-bond acceptors (Lipinski definition) is 3. The molecule has 3 aromatic rings. The second-order valence-corrected chi connectivity index (χ2v) is 6.84. The third-order valence-electron chi connectivity index (χ3n) is 4.29. The van der Waals surface area contributed by atoms with Crippen molar-refractivity contribution < 1.29 is 9.59 Å². The Morgan fingerprint density at radius 1 is 0.733 bits per heavy atom. The molecule has 0 unspecified atom stereocenters. The maximum absolute atomic E-state index is 12.9. The van der Waals surface area contributed by atoms with E-state index in [9.17, 15) is 9.59 Å². The summed E-state index contributed by atoms with van der Waals surface area (Å²) < 4.78 is 0. The number of carbonyl (C=O) groups is 2. The van der Waals surface area contributed by atoms with Crippen LogP contribution < -0.4 is 16.2 Å². The maximum atomic E-state index is 12.9. The van der Waals surface area contributed by atoms with Gasteiger partial charge in [0.25, 0.3) is 0 Å². The van der Waals surface area contributed by atoms with E-state index in [1.807, 2.05) is 91.0 Å². The van der Waals surface area contributed by atoms with Crippen LogP contribution >= 0.6 is 12.2 Å². The molecule has 0 saturated carbocycles. The van der Waals surface area contributed by atoms with Crippen molar-refractivity contribution in [2.24, 2.45) is 0 Å². The quantitative estimate of drug-likeness (QED) is 0.339. The maximum Gasteiger partial charge on any atom is 0.250 e. The van der Waals surface area contributed by atoms with E-state index in [0.29, 0.717) is 0 Å². The lowest BCUT2D eigenvalue weighted by Gasteiger charge is -2.18. The summed E-state index contributed by atoms with van der Waals surface area (Å²) in [5, 5.41) is 2.51. The number of hydrazine groups is 1. The van der Waals surface area contributed by atoms with Crippen LogP contribution in [0.15, 0.2) is 97.1 Å². The predicted octanol–water partition coefficient (Wildman–Crippen LogP) is 3.55. The van der Waals surface area contributed by atoms with E-state index < -0.39 is 11.8 Å². The Morgan fingerprint density at radius 2 is 1.23 bits per heavy atom. The molecule has 30 heavy (non-hydrogen) atoms. The molecule has 0 radical (unpaired) electrons. The first-order valence-corrected chi connectivity index (χ1v) is 9.78. The number of rotatable bonds is 5. The number of amides is 2. The van der Waals surface area contributed by atoms with Gasteiger partial charge in [-0.05, 0) is 35.0 Å². The average Bonchev–Trinajstić information content (AvgIpc) is 2.79. The molecule has 0 aromatic heterocycles. The Balaban J connectivity index is 1.59. The molecule has 0 heterocycles. The molecule has 3 N–H and O–H groups in total. The number of hydrogen-bond donors (Lipinski definition) is 3. The van der Waals surface area contributed by atoms with Crippen molar-refractivity contribution in [3.05, 3.63) is 114 Å². The monoisotopic (exact) mass is 415 g/mol. The lowest BCUT2D eigenvalue weighted by atomic mass is 9.91. The second kappa shape index (κ2) is 10.7. The molecular formula is C24H21N3O2S. The molecule has 0 aliphatic heterocycles. The zero-order chi connectivity index (χ0) is 21.2. The summed E-state index contributed by atoms with van der Waals surface area (Å²) in [6.45, 7) is 0. The minimum Gasteiger partial charge on any atom is -0.298 e. The topological polar surface area (TPSA) is 70.2 Å². The van der Waals surface area contributed by atoms with E-state index in [1.54, 1.807) is 6.08 Å². The molecule has 2 amide bonds. The zero-order valence-corrected chi connectivity index (χ0v) is 16.9. The second-order valence-electron chi connectivity index (χ2n) is 6.43. The molecule has 5 nitrogen and oxygen atoms in total. The minimum atomic E-state index is -0.517. The Bertz CT molecular complexity index is 983. The highest BCUT2D eigenvalue weighted by Crippen LogP contribution is 2.24. The summed E-state index contributed by atoms with van der Waals surface area (Å²) in [5.74, 6) is -1.20. The molecule has 0 aliphatic rings. The smallest absolute Gasteiger partial charge is 0.250 e.